The average molecular weight is 409 g/mol. The van der Waals surface area contributed by atoms with E-state index in [1.165, 1.54) is 0 Å². The Morgan fingerprint density at radius 1 is 1.14 bits per heavy atom. The lowest BCUT2D eigenvalue weighted by molar-refractivity contribution is -0.177. The fourth-order valence-corrected chi connectivity index (χ4v) is 5.60. The number of ketones is 1. The van der Waals surface area contributed by atoms with Gasteiger partial charge in [-0.05, 0) is 40.4 Å². The number of nitrogens with zero attached hydrogens (tertiary/aromatic N) is 2. The highest BCUT2D eigenvalue weighted by atomic mass is 28.4. The van der Waals surface area contributed by atoms with Crippen molar-refractivity contribution >= 4 is 25.8 Å². The lowest BCUT2D eigenvalue weighted by Gasteiger charge is -2.52. The molecule has 0 aromatic carbocycles. The first kappa shape index (κ1) is 22.7. The summed E-state index contributed by atoms with van der Waals surface area (Å²) in [4.78, 5) is 28.4. The predicted octanol–water partition coefficient (Wildman–Crippen LogP) is 3.16. The van der Waals surface area contributed by atoms with Crippen LogP contribution < -0.4 is 0 Å². The molecule has 2 bridgehead atoms. The first-order chi connectivity index (χ1) is 12.7. The minimum absolute atomic E-state index is 0.0731. The number of carbonyl (C=O) groups is 2. The fourth-order valence-electron chi connectivity index (χ4n) is 4.02. The number of rotatable bonds is 6. The maximum absolute atomic E-state index is 13.1. The third-order valence-corrected chi connectivity index (χ3v) is 6.21. The van der Waals surface area contributed by atoms with Gasteiger partial charge < -0.3 is 19.4 Å². The van der Waals surface area contributed by atoms with Crippen LogP contribution in [-0.2, 0) is 23.5 Å². The second kappa shape index (κ2) is 7.67. The van der Waals surface area contributed by atoms with Gasteiger partial charge >= 0.3 is 11.7 Å². The van der Waals surface area contributed by atoms with Crippen LogP contribution in [-0.4, -0.2) is 54.0 Å². The van der Waals surface area contributed by atoms with E-state index in [1.807, 2.05) is 26.0 Å². The molecule has 0 radical (unpaired) electrons. The van der Waals surface area contributed by atoms with E-state index >= 15 is 0 Å². The SMILES string of the molecule is C[C@@H]1[C@@H]2C=C[C@@H](O2)[C@H](C)C1(CC(=O)C(=[N+]=[N-])C(=O)OC(C)(C)C)O[Si](C)(C)C. The number of fused-ring (bicyclic) bond motifs is 2. The molecule has 0 saturated carbocycles. The molecule has 156 valence electrons. The lowest BCUT2D eigenvalue weighted by atomic mass is 9.70. The van der Waals surface area contributed by atoms with Crippen LogP contribution in [0.2, 0.25) is 19.6 Å². The van der Waals surface area contributed by atoms with Crippen LogP contribution in [0.25, 0.3) is 5.53 Å². The summed E-state index contributed by atoms with van der Waals surface area (Å²) in [5.74, 6) is -1.73. The molecule has 0 spiro atoms. The maximum atomic E-state index is 13.1. The molecule has 2 heterocycles. The van der Waals surface area contributed by atoms with Gasteiger partial charge in [0.2, 0.25) is 0 Å². The van der Waals surface area contributed by atoms with Crippen LogP contribution in [0.4, 0.5) is 0 Å². The van der Waals surface area contributed by atoms with Crippen LogP contribution in [0.5, 0.6) is 0 Å². The Labute approximate surface area is 168 Å². The summed E-state index contributed by atoms with van der Waals surface area (Å²) in [5, 5.41) is 0. The molecule has 0 N–H and O–H groups in total. The molecule has 7 nitrogen and oxygen atoms in total. The smallest absolute Gasteiger partial charge is 0.441 e. The number of ether oxygens (including phenoxy) is 2. The molecule has 2 aliphatic heterocycles. The molecular formula is C20H32N2O5Si. The van der Waals surface area contributed by atoms with Crippen molar-refractivity contribution in [3.63, 3.8) is 0 Å². The molecule has 0 aliphatic carbocycles. The zero-order valence-electron chi connectivity index (χ0n) is 18.1. The van der Waals surface area contributed by atoms with E-state index in [0.29, 0.717) is 0 Å². The van der Waals surface area contributed by atoms with Crippen molar-refractivity contribution in [1.29, 1.82) is 0 Å². The zero-order chi connectivity index (χ0) is 21.5. The summed E-state index contributed by atoms with van der Waals surface area (Å²) in [6, 6.07) is 0. The van der Waals surface area contributed by atoms with Crippen LogP contribution in [0, 0.1) is 11.8 Å². The molecule has 2 rings (SSSR count). The van der Waals surface area contributed by atoms with Crippen LogP contribution in [0.15, 0.2) is 12.2 Å². The largest absolute Gasteiger partial charge is 0.451 e. The third kappa shape index (κ3) is 4.68. The highest BCUT2D eigenvalue weighted by molar-refractivity contribution is 6.70. The molecule has 0 aromatic heterocycles. The molecule has 28 heavy (non-hydrogen) atoms. The Morgan fingerprint density at radius 2 is 1.64 bits per heavy atom. The normalized spacial score (nSPS) is 32.0. The Hall–Kier alpha value is -1.60. The van der Waals surface area contributed by atoms with E-state index in [-0.39, 0.29) is 30.5 Å². The molecular weight excluding hydrogens is 376 g/mol. The number of hydrogen-bond donors (Lipinski definition) is 0. The van der Waals surface area contributed by atoms with Crippen LogP contribution in [0.1, 0.15) is 41.0 Å². The topological polar surface area (TPSA) is 98.2 Å². The summed E-state index contributed by atoms with van der Waals surface area (Å²) < 4.78 is 17.9. The molecule has 1 fully saturated rings. The number of Topliss-reactive ketones (excluding diaryl/α,β-unsaturated/α-hetero) is 1. The predicted molar refractivity (Wildman–Crippen MR) is 107 cm³/mol. The van der Waals surface area contributed by atoms with Crippen molar-refractivity contribution < 1.29 is 28.3 Å². The van der Waals surface area contributed by atoms with Gasteiger partial charge in [-0.2, -0.15) is 4.79 Å². The minimum atomic E-state index is -2.06. The summed E-state index contributed by atoms with van der Waals surface area (Å²) in [6.07, 6.45) is 3.65. The summed E-state index contributed by atoms with van der Waals surface area (Å²) in [7, 11) is -2.06. The standard InChI is InChI=1S/C20H32N2O5Si/c1-12-15-9-10-16(25-15)13(2)20(12,27-28(6,7)8)11-14(23)17(22-21)18(24)26-19(3,4)5/h9-10,12-13,15-16H,11H2,1-8H3/t12-,13+,15+,16-,20?. The van der Waals surface area contributed by atoms with E-state index in [1.54, 1.807) is 20.8 Å². The molecule has 0 aromatic rings. The Balaban J connectivity index is 2.37. The van der Waals surface area contributed by atoms with Crippen molar-refractivity contribution in [2.24, 2.45) is 11.8 Å². The van der Waals surface area contributed by atoms with Crippen molar-refractivity contribution in [2.45, 2.75) is 84.1 Å². The first-order valence-corrected chi connectivity index (χ1v) is 13.1. The molecule has 2 aliphatic rings. The van der Waals surface area contributed by atoms with Gasteiger partial charge in [0.25, 0.3) is 5.78 Å². The number of esters is 1. The highest BCUT2D eigenvalue weighted by Crippen LogP contribution is 2.48. The minimum Gasteiger partial charge on any atom is -0.451 e. The van der Waals surface area contributed by atoms with Gasteiger partial charge in [0.1, 0.15) is 5.60 Å². The zero-order valence-corrected chi connectivity index (χ0v) is 19.1. The van der Waals surface area contributed by atoms with E-state index in [0.717, 1.165) is 0 Å². The van der Waals surface area contributed by atoms with Gasteiger partial charge in [-0.25, -0.2) is 4.79 Å². The second-order valence-electron chi connectivity index (χ2n) is 9.75. The van der Waals surface area contributed by atoms with Crippen LogP contribution >= 0.6 is 0 Å². The fraction of sp³-hybridized carbons (Fsp3) is 0.750. The maximum Gasteiger partial charge on any atom is 0.441 e. The van der Waals surface area contributed by atoms with Crippen molar-refractivity contribution in [2.75, 3.05) is 0 Å². The molecule has 1 saturated heterocycles. The van der Waals surface area contributed by atoms with Gasteiger partial charge in [0.05, 0.1) is 17.8 Å². The molecule has 0 amide bonds. The Morgan fingerprint density at radius 3 is 2.04 bits per heavy atom. The van der Waals surface area contributed by atoms with Gasteiger partial charge in [0.15, 0.2) is 8.32 Å². The first-order valence-electron chi connectivity index (χ1n) is 9.73. The third-order valence-electron chi connectivity index (χ3n) is 5.22. The summed E-state index contributed by atoms with van der Waals surface area (Å²) in [5.41, 5.74) is 7.13. The molecule has 5 atom stereocenters. The average Bonchev–Trinajstić information content (AvgIpc) is 2.96. The van der Waals surface area contributed by atoms with Gasteiger partial charge in [-0.15, -0.1) is 0 Å². The molecule has 8 heteroatoms. The Kier molecular flexibility index (Phi) is 6.21. The monoisotopic (exact) mass is 408 g/mol. The highest BCUT2D eigenvalue weighted by Gasteiger charge is 2.57. The second-order valence-corrected chi connectivity index (χ2v) is 14.2. The van der Waals surface area contributed by atoms with Gasteiger partial charge in [0, 0.05) is 18.3 Å². The van der Waals surface area contributed by atoms with Gasteiger partial charge in [-0.1, -0.05) is 26.0 Å². The van der Waals surface area contributed by atoms with Crippen LogP contribution in [0.3, 0.4) is 0 Å². The quantitative estimate of drug-likeness (QED) is 0.128. The van der Waals surface area contributed by atoms with E-state index in [2.05, 4.69) is 24.4 Å². The lowest BCUT2D eigenvalue weighted by Crippen LogP contribution is -2.61. The summed E-state index contributed by atoms with van der Waals surface area (Å²) >= 11 is 0. The van der Waals surface area contributed by atoms with Crippen molar-refractivity contribution in [3.05, 3.63) is 17.7 Å². The summed E-state index contributed by atoms with van der Waals surface area (Å²) in [6.45, 7) is 15.3. The van der Waals surface area contributed by atoms with Crippen molar-refractivity contribution in [3.8, 4) is 0 Å². The van der Waals surface area contributed by atoms with E-state index < -0.39 is 37.0 Å². The number of carbonyl (C=O) groups excluding carboxylic acids is 2. The van der Waals surface area contributed by atoms with Crippen molar-refractivity contribution in [1.82, 2.24) is 0 Å². The van der Waals surface area contributed by atoms with E-state index in [9.17, 15) is 15.1 Å². The number of hydrogen-bond acceptors (Lipinski definition) is 5. The van der Waals surface area contributed by atoms with Gasteiger partial charge in [-0.3, -0.25) is 4.79 Å². The van der Waals surface area contributed by atoms with E-state index in [4.69, 9.17) is 13.9 Å². The Bertz CT molecular complexity index is 710. The molecule has 1 unspecified atom stereocenters.